The lowest BCUT2D eigenvalue weighted by molar-refractivity contribution is -0.141. The van der Waals surface area contributed by atoms with E-state index < -0.39 is 11.6 Å². The summed E-state index contributed by atoms with van der Waals surface area (Å²) in [6, 6.07) is 8.83. The maximum Gasteiger partial charge on any atom is 0.242 e. The molecule has 2 atom stereocenters. The van der Waals surface area contributed by atoms with E-state index in [0.717, 1.165) is 12.0 Å². The monoisotopic (exact) mass is 318 g/mol. The van der Waals surface area contributed by atoms with Gasteiger partial charge < -0.3 is 15.3 Å². The number of nitrogens with one attached hydrogen (secondary N) is 1. The second-order valence-corrected chi connectivity index (χ2v) is 6.70. The van der Waals surface area contributed by atoms with Crippen LogP contribution in [-0.4, -0.2) is 41.0 Å². The number of rotatable bonds is 5. The summed E-state index contributed by atoms with van der Waals surface area (Å²) in [5, 5.41) is 13.3. The highest BCUT2D eigenvalue weighted by Crippen LogP contribution is 2.22. The molecule has 1 saturated heterocycles. The number of amides is 2. The van der Waals surface area contributed by atoms with Crippen molar-refractivity contribution >= 4 is 11.8 Å². The first-order chi connectivity index (χ1) is 10.8. The Hall–Kier alpha value is -1.88. The number of nitrogens with zero attached hydrogens (tertiary/aromatic N) is 1. The van der Waals surface area contributed by atoms with E-state index in [4.69, 9.17) is 0 Å². The Balaban J connectivity index is 1.98. The molecule has 1 heterocycles. The predicted molar refractivity (Wildman–Crippen MR) is 88.6 cm³/mol. The van der Waals surface area contributed by atoms with Gasteiger partial charge in [-0.1, -0.05) is 44.2 Å². The van der Waals surface area contributed by atoms with E-state index in [9.17, 15) is 14.7 Å². The van der Waals surface area contributed by atoms with Crippen LogP contribution in [0.4, 0.5) is 0 Å². The Bertz CT molecular complexity index is 555. The third-order valence-electron chi connectivity index (χ3n) is 4.33. The van der Waals surface area contributed by atoms with E-state index in [0.29, 0.717) is 13.0 Å². The van der Waals surface area contributed by atoms with Gasteiger partial charge in [-0.05, 0) is 25.3 Å². The molecule has 1 aliphatic heterocycles. The van der Waals surface area contributed by atoms with Crippen LogP contribution in [0.3, 0.4) is 0 Å². The van der Waals surface area contributed by atoms with Gasteiger partial charge in [-0.3, -0.25) is 9.59 Å². The zero-order valence-corrected chi connectivity index (χ0v) is 14.1. The van der Waals surface area contributed by atoms with Crippen molar-refractivity contribution in [1.82, 2.24) is 10.2 Å². The molecule has 2 amide bonds. The van der Waals surface area contributed by atoms with Crippen LogP contribution in [0.1, 0.15) is 39.2 Å². The second-order valence-electron chi connectivity index (χ2n) is 6.70. The van der Waals surface area contributed by atoms with Crippen LogP contribution < -0.4 is 5.32 Å². The Morgan fingerprint density at radius 3 is 2.61 bits per heavy atom. The average molecular weight is 318 g/mol. The van der Waals surface area contributed by atoms with E-state index in [2.05, 4.69) is 5.32 Å². The van der Waals surface area contributed by atoms with Crippen molar-refractivity contribution in [2.24, 2.45) is 5.92 Å². The van der Waals surface area contributed by atoms with Crippen LogP contribution in [0, 0.1) is 5.92 Å². The molecule has 0 aliphatic carbocycles. The van der Waals surface area contributed by atoms with Crippen LogP contribution in [0.25, 0.3) is 0 Å². The molecule has 0 saturated carbocycles. The molecule has 0 spiro atoms. The molecule has 126 valence electrons. The van der Waals surface area contributed by atoms with Crippen LogP contribution in [-0.2, 0) is 15.2 Å². The molecular formula is C18H26N2O3. The summed E-state index contributed by atoms with van der Waals surface area (Å²) in [4.78, 5) is 26.3. The minimum Gasteiger partial charge on any atom is -0.384 e. The zero-order valence-electron chi connectivity index (χ0n) is 14.1. The molecule has 2 rings (SSSR count). The van der Waals surface area contributed by atoms with Crippen LogP contribution in [0.5, 0.6) is 0 Å². The number of hydrogen-bond acceptors (Lipinski definition) is 3. The van der Waals surface area contributed by atoms with Gasteiger partial charge in [0.1, 0.15) is 11.6 Å². The maximum absolute atomic E-state index is 12.4. The van der Waals surface area contributed by atoms with Crippen molar-refractivity contribution in [3.63, 3.8) is 0 Å². The van der Waals surface area contributed by atoms with Crippen molar-refractivity contribution in [1.29, 1.82) is 0 Å². The lowest BCUT2D eigenvalue weighted by Gasteiger charge is -2.28. The summed E-state index contributed by atoms with van der Waals surface area (Å²) in [6.45, 7) is 6.11. The summed E-state index contributed by atoms with van der Waals surface area (Å²) >= 11 is 0. The summed E-state index contributed by atoms with van der Waals surface area (Å²) in [6.07, 6.45) is 1.52. The van der Waals surface area contributed by atoms with Gasteiger partial charge >= 0.3 is 0 Å². The number of aliphatic hydroxyl groups is 1. The second kappa shape index (κ2) is 7.13. The van der Waals surface area contributed by atoms with Crippen molar-refractivity contribution in [3.8, 4) is 0 Å². The van der Waals surface area contributed by atoms with Crippen LogP contribution >= 0.6 is 0 Å². The van der Waals surface area contributed by atoms with Gasteiger partial charge in [0.05, 0.1) is 6.54 Å². The third-order valence-corrected chi connectivity index (χ3v) is 4.33. The molecule has 23 heavy (non-hydrogen) atoms. The molecule has 1 fully saturated rings. The first kappa shape index (κ1) is 17.5. The van der Waals surface area contributed by atoms with E-state index >= 15 is 0 Å². The van der Waals surface area contributed by atoms with Gasteiger partial charge in [0.2, 0.25) is 11.8 Å². The van der Waals surface area contributed by atoms with Gasteiger partial charge in [-0.2, -0.15) is 0 Å². The van der Waals surface area contributed by atoms with Crippen molar-refractivity contribution in [3.05, 3.63) is 35.9 Å². The zero-order chi connectivity index (χ0) is 17.0. The molecule has 1 aliphatic rings. The van der Waals surface area contributed by atoms with Crippen LogP contribution in [0.15, 0.2) is 30.3 Å². The average Bonchev–Trinajstić information content (AvgIpc) is 3.02. The minimum absolute atomic E-state index is 0.0115. The summed E-state index contributed by atoms with van der Waals surface area (Å²) in [5.41, 5.74) is -0.385. The van der Waals surface area contributed by atoms with Gasteiger partial charge in [-0.15, -0.1) is 0 Å². The fourth-order valence-electron chi connectivity index (χ4n) is 2.91. The molecule has 1 aromatic carbocycles. The minimum atomic E-state index is -1.14. The van der Waals surface area contributed by atoms with Gasteiger partial charge in [0, 0.05) is 12.5 Å². The van der Waals surface area contributed by atoms with Gasteiger partial charge in [0.15, 0.2) is 0 Å². The van der Waals surface area contributed by atoms with Gasteiger partial charge in [0.25, 0.3) is 0 Å². The standard InChI is InChI=1S/C18H26N2O3/c1-13(2)17(22)20-11-7-10-15(20)16(21)19-12-18(3,23)14-8-5-4-6-9-14/h4-6,8-9,13,15,23H,7,10-12H2,1-3H3,(H,19,21). The smallest absolute Gasteiger partial charge is 0.242 e. The summed E-state index contributed by atoms with van der Waals surface area (Å²) in [7, 11) is 0. The lowest BCUT2D eigenvalue weighted by atomic mass is 9.96. The first-order valence-corrected chi connectivity index (χ1v) is 8.19. The molecule has 1 aromatic rings. The summed E-state index contributed by atoms with van der Waals surface area (Å²) < 4.78 is 0. The van der Waals surface area contributed by atoms with Crippen molar-refractivity contribution in [2.75, 3.05) is 13.1 Å². The quantitative estimate of drug-likeness (QED) is 0.867. The highest BCUT2D eigenvalue weighted by Gasteiger charge is 2.35. The van der Waals surface area contributed by atoms with Crippen LogP contribution in [0.2, 0.25) is 0 Å². The molecule has 0 bridgehead atoms. The number of likely N-dealkylation sites (tertiary alicyclic amines) is 1. The topological polar surface area (TPSA) is 69.6 Å². The number of carbonyl (C=O) groups is 2. The molecule has 0 aromatic heterocycles. The van der Waals surface area contributed by atoms with Crippen molar-refractivity contribution in [2.45, 2.75) is 45.3 Å². The Morgan fingerprint density at radius 1 is 1.35 bits per heavy atom. The number of benzene rings is 1. The first-order valence-electron chi connectivity index (χ1n) is 8.19. The fraction of sp³-hybridized carbons (Fsp3) is 0.556. The fourth-order valence-corrected chi connectivity index (χ4v) is 2.91. The SMILES string of the molecule is CC(C)C(=O)N1CCCC1C(=O)NCC(C)(O)c1ccccc1. The largest absolute Gasteiger partial charge is 0.384 e. The predicted octanol–water partition coefficient (Wildman–Crippen LogP) is 1.66. The van der Waals surface area contributed by atoms with E-state index in [1.54, 1.807) is 11.8 Å². The molecular weight excluding hydrogens is 292 g/mol. The number of carbonyl (C=O) groups excluding carboxylic acids is 2. The molecule has 5 heteroatoms. The number of hydrogen-bond donors (Lipinski definition) is 2. The van der Waals surface area contributed by atoms with Crippen molar-refractivity contribution < 1.29 is 14.7 Å². The molecule has 2 unspecified atom stereocenters. The highest BCUT2D eigenvalue weighted by molar-refractivity contribution is 5.88. The Kier molecular flexibility index (Phi) is 5.42. The summed E-state index contributed by atoms with van der Waals surface area (Å²) in [5.74, 6) is -0.291. The molecule has 5 nitrogen and oxygen atoms in total. The van der Waals surface area contributed by atoms with Gasteiger partial charge in [-0.25, -0.2) is 0 Å². The highest BCUT2D eigenvalue weighted by atomic mass is 16.3. The lowest BCUT2D eigenvalue weighted by Crippen LogP contribution is -2.49. The third kappa shape index (κ3) is 4.10. The maximum atomic E-state index is 12.4. The Labute approximate surface area is 137 Å². The molecule has 0 radical (unpaired) electrons. The molecule has 2 N–H and O–H groups in total. The van der Waals surface area contributed by atoms with E-state index in [1.165, 1.54) is 0 Å². The van der Waals surface area contributed by atoms with E-state index in [1.807, 2.05) is 44.2 Å². The normalized spacial score (nSPS) is 20.4. The Morgan fingerprint density at radius 2 is 2.00 bits per heavy atom. The van der Waals surface area contributed by atoms with E-state index in [-0.39, 0.29) is 24.3 Å².